The number of fused-ring (bicyclic) bond motifs is 1. The molecule has 1 aromatic carbocycles. The summed E-state index contributed by atoms with van der Waals surface area (Å²) >= 11 is 0. The number of hydrogen-bond donors (Lipinski definition) is 3. The molecule has 5 heteroatoms. The average molecular weight is 358 g/mol. The van der Waals surface area contributed by atoms with E-state index in [4.69, 9.17) is 4.42 Å². The fraction of sp³-hybridized carbons (Fsp3) is 0.571. The van der Waals surface area contributed by atoms with Gasteiger partial charge in [0.1, 0.15) is 17.4 Å². The first-order valence-electron chi connectivity index (χ1n) is 9.88. The molecular weight excluding hydrogens is 328 g/mol. The highest BCUT2D eigenvalue weighted by atomic mass is 16.3. The fourth-order valence-electron chi connectivity index (χ4n) is 3.54. The summed E-state index contributed by atoms with van der Waals surface area (Å²) in [5.41, 5.74) is 1.94. The molecule has 1 saturated heterocycles. The predicted molar refractivity (Wildman–Crippen MR) is 103 cm³/mol. The highest BCUT2D eigenvalue weighted by Crippen LogP contribution is 2.22. The Labute approximate surface area is 155 Å². The van der Waals surface area contributed by atoms with Crippen LogP contribution < -0.4 is 10.6 Å². The smallest absolute Gasteiger partial charge is 0.240 e. The lowest BCUT2D eigenvalue weighted by molar-refractivity contribution is -0.124. The molecule has 142 valence electrons. The minimum atomic E-state index is -0.591. The fourth-order valence-corrected chi connectivity index (χ4v) is 3.54. The number of amides is 1. The monoisotopic (exact) mass is 358 g/mol. The van der Waals surface area contributed by atoms with Gasteiger partial charge in [-0.1, -0.05) is 38.7 Å². The normalized spacial score (nSPS) is 19.9. The van der Waals surface area contributed by atoms with Crippen molar-refractivity contribution in [3.05, 3.63) is 35.6 Å². The van der Waals surface area contributed by atoms with Crippen molar-refractivity contribution in [1.29, 1.82) is 0 Å². The predicted octanol–water partition coefficient (Wildman–Crippen LogP) is 3.28. The molecule has 2 aromatic rings. The van der Waals surface area contributed by atoms with Gasteiger partial charge in [-0.2, -0.15) is 0 Å². The molecule has 0 unspecified atom stereocenters. The van der Waals surface area contributed by atoms with E-state index in [0.717, 1.165) is 28.7 Å². The number of unbranched alkanes of at least 4 members (excludes halogenated alkanes) is 4. The maximum absolute atomic E-state index is 12.1. The zero-order valence-corrected chi connectivity index (χ0v) is 15.6. The van der Waals surface area contributed by atoms with Crippen LogP contribution >= 0.6 is 0 Å². The lowest BCUT2D eigenvalue weighted by atomic mass is 10.1. The largest absolute Gasteiger partial charge is 0.461 e. The van der Waals surface area contributed by atoms with Crippen LogP contribution in [0.25, 0.3) is 11.0 Å². The molecule has 2 atom stereocenters. The van der Waals surface area contributed by atoms with Crippen LogP contribution in [0.4, 0.5) is 0 Å². The maximum atomic E-state index is 12.1. The molecule has 0 spiro atoms. The van der Waals surface area contributed by atoms with E-state index in [-0.39, 0.29) is 5.91 Å². The Hall–Kier alpha value is -1.85. The van der Waals surface area contributed by atoms with E-state index in [9.17, 15) is 9.90 Å². The van der Waals surface area contributed by atoms with Gasteiger partial charge in [-0.15, -0.1) is 0 Å². The molecule has 1 fully saturated rings. The van der Waals surface area contributed by atoms with Gasteiger partial charge in [-0.25, -0.2) is 0 Å². The Balaban J connectivity index is 1.52. The molecule has 0 aliphatic carbocycles. The number of carbonyl (C=O) groups excluding carboxylic acids is 1. The van der Waals surface area contributed by atoms with Crippen LogP contribution in [0.2, 0.25) is 0 Å². The van der Waals surface area contributed by atoms with Crippen molar-refractivity contribution in [2.24, 2.45) is 0 Å². The van der Waals surface area contributed by atoms with Crippen LogP contribution in [0, 0.1) is 0 Å². The number of aryl methyl sites for hydroxylation is 1. The third-order valence-corrected chi connectivity index (χ3v) is 5.10. The van der Waals surface area contributed by atoms with Crippen molar-refractivity contribution in [3.8, 4) is 0 Å². The van der Waals surface area contributed by atoms with E-state index >= 15 is 0 Å². The van der Waals surface area contributed by atoms with Gasteiger partial charge in [0.2, 0.25) is 5.91 Å². The van der Waals surface area contributed by atoms with E-state index < -0.39 is 12.1 Å². The molecule has 1 amide bonds. The van der Waals surface area contributed by atoms with Crippen LogP contribution in [0.3, 0.4) is 0 Å². The van der Waals surface area contributed by atoms with Crippen LogP contribution in [0.1, 0.15) is 56.8 Å². The van der Waals surface area contributed by atoms with Gasteiger partial charge in [0.05, 0.1) is 6.10 Å². The standard InChI is InChI=1S/C21H30N2O3/c1-2-3-4-5-6-7-17-13-16-12-15(8-9-19(16)26-17)14-23-21(25)20-18(24)10-11-22-20/h8-9,12-13,18,20,22,24H,2-7,10-11,14H2,1H3,(H,23,25)/t18-,20-/m0/s1. The number of furan rings is 1. The van der Waals surface area contributed by atoms with E-state index in [1.165, 1.54) is 32.1 Å². The summed E-state index contributed by atoms with van der Waals surface area (Å²) in [7, 11) is 0. The highest BCUT2D eigenvalue weighted by molar-refractivity contribution is 5.83. The van der Waals surface area contributed by atoms with E-state index in [0.29, 0.717) is 19.5 Å². The second-order valence-electron chi connectivity index (χ2n) is 7.25. The van der Waals surface area contributed by atoms with Crippen molar-refractivity contribution >= 4 is 16.9 Å². The molecule has 0 bridgehead atoms. The summed E-state index contributed by atoms with van der Waals surface area (Å²) in [6.07, 6.45) is 7.30. The minimum absolute atomic E-state index is 0.143. The van der Waals surface area contributed by atoms with Gasteiger partial charge in [-0.05, 0) is 43.1 Å². The molecule has 1 aliphatic heterocycles. The van der Waals surface area contributed by atoms with Gasteiger partial charge in [-0.3, -0.25) is 4.79 Å². The summed E-state index contributed by atoms with van der Waals surface area (Å²) in [5, 5.41) is 16.8. The Kier molecular flexibility index (Phi) is 6.69. The summed E-state index contributed by atoms with van der Waals surface area (Å²) in [6, 6.07) is 7.64. The van der Waals surface area contributed by atoms with Crippen molar-refractivity contribution in [2.75, 3.05) is 6.54 Å². The Morgan fingerprint density at radius 2 is 2.12 bits per heavy atom. The van der Waals surface area contributed by atoms with Crippen molar-refractivity contribution < 1.29 is 14.3 Å². The molecule has 1 aliphatic rings. The third-order valence-electron chi connectivity index (χ3n) is 5.10. The molecule has 5 nitrogen and oxygen atoms in total. The van der Waals surface area contributed by atoms with Crippen molar-refractivity contribution in [3.63, 3.8) is 0 Å². The molecule has 26 heavy (non-hydrogen) atoms. The molecule has 1 aromatic heterocycles. The molecule has 2 heterocycles. The van der Waals surface area contributed by atoms with E-state index in [1.54, 1.807) is 0 Å². The number of benzene rings is 1. The Morgan fingerprint density at radius 1 is 1.27 bits per heavy atom. The highest BCUT2D eigenvalue weighted by Gasteiger charge is 2.30. The maximum Gasteiger partial charge on any atom is 0.240 e. The SMILES string of the molecule is CCCCCCCc1cc2cc(CNC(=O)[C@H]3NCC[C@@H]3O)ccc2o1. The average Bonchev–Trinajstić information content (AvgIpc) is 3.24. The van der Waals surface area contributed by atoms with Crippen LogP contribution in [-0.4, -0.2) is 29.7 Å². The lowest BCUT2D eigenvalue weighted by Crippen LogP contribution is -2.45. The molecule has 3 rings (SSSR count). The first-order chi connectivity index (χ1) is 12.7. The van der Waals surface area contributed by atoms with E-state index in [2.05, 4.69) is 29.7 Å². The summed E-state index contributed by atoms with van der Waals surface area (Å²) in [6.45, 7) is 3.37. The number of nitrogens with one attached hydrogen (secondary N) is 2. The zero-order chi connectivity index (χ0) is 18.4. The van der Waals surface area contributed by atoms with Gasteiger partial charge >= 0.3 is 0 Å². The third kappa shape index (κ3) is 4.86. The quantitative estimate of drug-likeness (QED) is 0.601. The second-order valence-corrected chi connectivity index (χ2v) is 7.25. The van der Waals surface area contributed by atoms with Gasteiger partial charge in [0, 0.05) is 18.4 Å². The lowest BCUT2D eigenvalue weighted by Gasteiger charge is -2.14. The van der Waals surface area contributed by atoms with Gasteiger partial charge in [0.15, 0.2) is 0 Å². The number of carbonyl (C=O) groups is 1. The Morgan fingerprint density at radius 3 is 2.88 bits per heavy atom. The molecular formula is C21H30N2O3. The minimum Gasteiger partial charge on any atom is -0.461 e. The van der Waals surface area contributed by atoms with Gasteiger partial charge < -0.3 is 20.2 Å². The first-order valence-corrected chi connectivity index (χ1v) is 9.88. The van der Waals surface area contributed by atoms with Crippen molar-refractivity contribution in [1.82, 2.24) is 10.6 Å². The first kappa shape index (κ1) is 18.9. The van der Waals surface area contributed by atoms with Crippen LogP contribution in [0.15, 0.2) is 28.7 Å². The molecule has 3 N–H and O–H groups in total. The van der Waals surface area contributed by atoms with Gasteiger partial charge in [0.25, 0.3) is 0 Å². The number of hydrogen-bond acceptors (Lipinski definition) is 4. The summed E-state index contributed by atoms with van der Waals surface area (Å²) in [5.74, 6) is 0.894. The van der Waals surface area contributed by atoms with Crippen LogP contribution in [0.5, 0.6) is 0 Å². The number of aliphatic hydroxyl groups excluding tert-OH is 1. The van der Waals surface area contributed by atoms with Crippen LogP contribution in [-0.2, 0) is 17.8 Å². The van der Waals surface area contributed by atoms with E-state index in [1.807, 2.05) is 12.1 Å². The second kappa shape index (κ2) is 9.19. The Bertz CT molecular complexity index is 725. The topological polar surface area (TPSA) is 74.5 Å². The summed E-state index contributed by atoms with van der Waals surface area (Å²) < 4.78 is 5.92. The molecule has 0 radical (unpaired) electrons. The number of aliphatic hydroxyl groups is 1. The zero-order valence-electron chi connectivity index (χ0n) is 15.6. The number of rotatable bonds is 9. The van der Waals surface area contributed by atoms with Crippen molar-refractivity contribution in [2.45, 2.75) is 70.6 Å². The summed E-state index contributed by atoms with van der Waals surface area (Å²) in [4.78, 5) is 12.1. The molecule has 0 saturated carbocycles.